The lowest BCUT2D eigenvalue weighted by Gasteiger charge is -2.35. The highest BCUT2D eigenvalue weighted by atomic mass is 35.5. The molecule has 0 unspecified atom stereocenters. The molecule has 0 atom stereocenters. The molecule has 2 saturated heterocycles. The van der Waals surface area contributed by atoms with E-state index in [9.17, 15) is 8.42 Å². The van der Waals surface area contributed by atoms with Crippen LogP contribution in [0.1, 0.15) is 18.4 Å². The van der Waals surface area contributed by atoms with Gasteiger partial charge in [0, 0.05) is 50.5 Å². The van der Waals surface area contributed by atoms with Crippen molar-refractivity contribution in [3.8, 4) is 0 Å². The molecule has 27 heavy (non-hydrogen) atoms. The van der Waals surface area contributed by atoms with Crippen molar-refractivity contribution in [1.29, 1.82) is 0 Å². The predicted octanol–water partition coefficient (Wildman–Crippen LogP) is 2.80. The van der Waals surface area contributed by atoms with Crippen LogP contribution in [0.4, 0.5) is 0 Å². The van der Waals surface area contributed by atoms with E-state index in [2.05, 4.69) is 4.90 Å². The zero-order chi connectivity index (χ0) is 19.4. The Kier molecular flexibility index (Phi) is 7.41. The molecule has 0 aromatic heterocycles. The fraction of sp³-hybridized carbons (Fsp3) is 0.667. The Morgan fingerprint density at radius 2 is 1.70 bits per heavy atom. The first-order chi connectivity index (χ1) is 12.9. The molecular weight excluding hydrogens is 411 g/mol. The number of rotatable bonds is 6. The van der Waals surface area contributed by atoms with E-state index in [0.717, 1.165) is 13.1 Å². The average Bonchev–Trinajstić information content (AvgIpc) is 2.66. The third kappa shape index (κ3) is 5.15. The molecule has 2 aliphatic rings. The largest absolute Gasteiger partial charge is 0.381 e. The van der Waals surface area contributed by atoms with E-state index in [1.54, 1.807) is 17.3 Å². The first-order valence-electron chi connectivity index (χ1n) is 9.25. The van der Waals surface area contributed by atoms with Gasteiger partial charge < -0.3 is 9.47 Å². The number of hydrogen-bond donors (Lipinski definition) is 0. The molecule has 0 aliphatic carbocycles. The van der Waals surface area contributed by atoms with Crippen LogP contribution >= 0.6 is 23.2 Å². The lowest BCUT2D eigenvalue weighted by Crippen LogP contribution is -2.48. The Balaban J connectivity index is 1.86. The summed E-state index contributed by atoms with van der Waals surface area (Å²) in [6.45, 7) is 7.03. The fourth-order valence-electron chi connectivity index (χ4n) is 3.49. The summed E-state index contributed by atoms with van der Waals surface area (Å²) >= 11 is 12.4. The molecule has 0 amide bonds. The number of aryl methyl sites for hydroxylation is 1. The second kappa shape index (κ2) is 9.39. The summed E-state index contributed by atoms with van der Waals surface area (Å²) < 4.78 is 39.4. The number of halogens is 2. The lowest BCUT2D eigenvalue weighted by atomic mass is 10.1. The van der Waals surface area contributed by atoms with Gasteiger partial charge in [0.1, 0.15) is 4.90 Å². The molecule has 9 heteroatoms. The van der Waals surface area contributed by atoms with Gasteiger partial charge in [0.05, 0.1) is 18.2 Å². The maximum atomic E-state index is 13.5. The van der Waals surface area contributed by atoms with Crippen LogP contribution in [0.2, 0.25) is 10.0 Å². The Bertz CT molecular complexity index is 748. The fourth-order valence-corrected chi connectivity index (χ4v) is 5.98. The van der Waals surface area contributed by atoms with Gasteiger partial charge in [0.2, 0.25) is 10.0 Å². The normalized spacial score (nSPS) is 20.3. The lowest BCUT2D eigenvalue weighted by molar-refractivity contribution is 0.0291. The zero-order valence-electron chi connectivity index (χ0n) is 15.5. The van der Waals surface area contributed by atoms with Gasteiger partial charge in [-0.2, -0.15) is 4.31 Å². The van der Waals surface area contributed by atoms with Gasteiger partial charge in [-0.15, -0.1) is 0 Å². The minimum Gasteiger partial charge on any atom is -0.381 e. The van der Waals surface area contributed by atoms with Crippen molar-refractivity contribution < 1.29 is 17.9 Å². The van der Waals surface area contributed by atoms with E-state index in [1.165, 1.54) is 6.07 Å². The summed E-state index contributed by atoms with van der Waals surface area (Å²) in [6, 6.07) is 2.99. The van der Waals surface area contributed by atoms with Crippen molar-refractivity contribution in [2.75, 3.05) is 52.6 Å². The van der Waals surface area contributed by atoms with Gasteiger partial charge in [-0.3, -0.25) is 4.90 Å². The summed E-state index contributed by atoms with van der Waals surface area (Å²) in [6.07, 6.45) is 1.37. The molecule has 0 radical (unpaired) electrons. The van der Waals surface area contributed by atoms with Gasteiger partial charge in [-0.25, -0.2) is 8.42 Å². The van der Waals surface area contributed by atoms with E-state index in [1.807, 2.05) is 0 Å². The van der Waals surface area contributed by atoms with E-state index in [4.69, 9.17) is 32.7 Å². The molecule has 6 nitrogen and oxygen atoms in total. The zero-order valence-corrected chi connectivity index (χ0v) is 17.8. The molecule has 1 aromatic rings. The molecule has 152 valence electrons. The second-order valence-electron chi connectivity index (χ2n) is 6.95. The SMILES string of the molecule is Cc1cc(S(=O)(=O)N(CCN2CCOCC2)C2CCOCC2)c(Cl)cc1Cl. The molecule has 0 bridgehead atoms. The van der Waals surface area contributed by atoms with Gasteiger partial charge >= 0.3 is 0 Å². The third-order valence-corrected chi connectivity index (χ3v) is 7.96. The smallest absolute Gasteiger partial charge is 0.244 e. The summed E-state index contributed by atoms with van der Waals surface area (Å²) in [5.41, 5.74) is 0.694. The third-order valence-electron chi connectivity index (χ3n) is 5.14. The first kappa shape index (κ1) is 21.3. The number of ether oxygens (including phenoxy) is 2. The number of morpholine rings is 1. The number of hydrogen-bond acceptors (Lipinski definition) is 5. The molecule has 0 N–H and O–H groups in total. The van der Waals surface area contributed by atoms with E-state index in [0.29, 0.717) is 62.9 Å². The quantitative estimate of drug-likeness (QED) is 0.685. The van der Waals surface area contributed by atoms with Crippen LogP contribution in [0.15, 0.2) is 17.0 Å². The molecule has 2 aliphatic heterocycles. The maximum Gasteiger partial charge on any atom is 0.244 e. The predicted molar refractivity (Wildman–Crippen MR) is 106 cm³/mol. The van der Waals surface area contributed by atoms with E-state index in [-0.39, 0.29) is 16.0 Å². The minimum atomic E-state index is -3.74. The van der Waals surface area contributed by atoms with Crippen molar-refractivity contribution in [3.05, 3.63) is 27.7 Å². The highest BCUT2D eigenvalue weighted by Crippen LogP contribution is 2.32. The van der Waals surface area contributed by atoms with Gasteiger partial charge in [-0.05, 0) is 37.5 Å². The monoisotopic (exact) mass is 436 g/mol. The summed E-state index contributed by atoms with van der Waals surface area (Å²) in [4.78, 5) is 2.36. The highest BCUT2D eigenvalue weighted by Gasteiger charge is 2.34. The standard InChI is InChI=1S/C18H26Cl2N2O4S/c1-14-12-18(17(20)13-16(14)19)27(23,24)22(15-2-8-25-9-3-15)5-4-21-6-10-26-11-7-21/h12-13,15H,2-11H2,1H3. The minimum absolute atomic E-state index is 0.0863. The summed E-state index contributed by atoms with van der Waals surface area (Å²) in [5, 5.41) is 0.624. The number of nitrogens with zero attached hydrogens (tertiary/aromatic N) is 2. The maximum absolute atomic E-state index is 13.5. The van der Waals surface area contributed by atoms with Crippen LogP contribution in [0.5, 0.6) is 0 Å². The Morgan fingerprint density at radius 1 is 1.07 bits per heavy atom. The second-order valence-corrected chi connectivity index (χ2v) is 9.62. The van der Waals surface area contributed by atoms with Crippen molar-refractivity contribution in [2.45, 2.75) is 30.7 Å². The van der Waals surface area contributed by atoms with Gasteiger partial charge in [0.25, 0.3) is 0 Å². The van der Waals surface area contributed by atoms with E-state index < -0.39 is 10.0 Å². The first-order valence-corrected chi connectivity index (χ1v) is 11.4. The van der Waals surface area contributed by atoms with Crippen LogP contribution in [-0.2, 0) is 19.5 Å². The van der Waals surface area contributed by atoms with Gasteiger partial charge in [0.15, 0.2) is 0 Å². The van der Waals surface area contributed by atoms with Gasteiger partial charge in [-0.1, -0.05) is 23.2 Å². The van der Waals surface area contributed by atoms with Crippen molar-refractivity contribution in [1.82, 2.24) is 9.21 Å². The van der Waals surface area contributed by atoms with Crippen molar-refractivity contribution >= 4 is 33.2 Å². The Hall–Kier alpha value is -0.410. The molecule has 2 heterocycles. The van der Waals surface area contributed by atoms with Crippen LogP contribution in [0.25, 0.3) is 0 Å². The molecule has 0 saturated carbocycles. The molecule has 3 rings (SSSR count). The molecule has 2 fully saturated rings. The van der Waals surface area contributed by atoms with Crippen LogP contribution in [0.3, 0.4) is 0 Å². The number of benzene rings is 1. The molecule has 1 aromatic carbocycles. The molecular formula is C18H26Cl2N2O4S. The van der Waals surface area contributed by atoms with Crippen LogP contribution in [-0.4, -0.2) is 76.3 Å². The summed E-state index contributed by atoms with van der Waals surface area (Å²) in [5.74, 6) is 0. The van der Waals surface area contributed by atoms with Crippen molar-refractivity contribution in [2.24, 2.45) is 0 Å². The van der Waals surface area contributed by atoms with E-state index >= 15 is 0 Å². The summed E-state index contributed by atoms with van der Waals surface area (Å²) in [7, 11) is -3.74. The Morgan fingerprint density at radius 3 is 2.37 bits per heavy atom. The van der Waals surface area contributed by atoms with Crippen LogP contribution in [0, 0.1) is 6.92 Å². The Labute approximate surface area is 171 Å². The topological polar surface area (TPSA) is 59.1 Å². The number of sulfonamides is 1. The van der Waals surface area contributed by atoms with Crippen molar-refractivity contribution in [3.63, 3.8) is 0 Å². The van der Waals surface area contributed by atoms with Crippen LogP contribution < -0.4 is 0 Å². The average molecular weight is 437 g/mol. The molecule has 0 spiro atoms. The highest BCUT2D eigenvalue weighted by molar-refractivity contribution is 7.89.